The van der Waals surface area contributed by atoms with Crippen molar-refractivity contribution < 1.29 is 0 Å². The summed E-state index contributed by atoms with van der Waals surface area (Å²) in [6.45, 7) is 2.41. The second-order valence-corrected chi connectivity index (χ2v) is 12.2. The van der Waals surface area contributed by atoms with E-state index in [4.69, 9.17) is 5.21 Å². The number of benzene rings is 5. The molecular weight excluding hydrogens is 621 g/mol. The van der Waals surface area contributed by atoms with E-state index in [1.165, 1.54) is 4.68 Å². The number of rotatable bonds is 12. The Balaban J connectivity index is 1.33. The number of tetrazole rings is 1. The standard InChI is InChI=1S/C41H36N8O/c1-2-3-23-38-44-48(29-28-42)40(50)47(38)30-31-24-26-32(27-25-31)36-21-13-14-22-37(36)39-43-45-46-49(39)41(33-15-7-4-8-16-33,34-17-9-5-10-18-34)35-19-11-6-12-20-35/h4-22,24-27H,2-3,23,29-30H2,1H3. The zero-order valence-corrected chi connectivity index (χ0v) is 27.8. The second kappa shape index (κ2) is 14.4. The molecule has 50 heavy (non-hydrogen) atoms. The summed E-state index contributed by atoms with van der Waals surface area (Å²) in [6.07, 6.45) is 2.58. The van der Waals surface area contributed by atoms with Crippen LogP contribution in [0.1, 0.15) is 47.8 Å². The summed E-state index contributed by atoms with van der Waals surface area (Å²) >= 11 is 0. The highest BCUT2D eigenvalue weighted by molar-refractivity contribution is 5.81. The smallest absolute Gasteiger partial charge is 0.274 e. The number of nitriles is 1. The highest BCUT2D eigenvalue weighted by Gasteiger charge is 2.42. The molecule has 0 amide bonds. The van der Waals surface area contributed by atoms with Gasteiger partial charge in [-0.3, -0.25) is 4.57 Å². The SMILES string of the molecule is CCCCc1nn(CC#N)c(=O)n1Cc1ccc(-c2ccccc2-c2nnnn2C(c2ccccc2)(c2ccccc2)c2ccccc2)cc1. The van der Waals surface area contributed by atoms with E-state index in [0.29, 0.717) is 24.6 Å². The molecule has 246 valence electrons. The lowest BCUT2D eigenvalue weighted by Gasteiger charge is -2.36. The maximum absolute atomic E-state index is 13.1. The van der Waals surface area contributed by atoms with E-state index in [1.807, 2.05) is 89.6 Å². The van der Waals surface area contributed by atoms with Gasteiger partial charge in [-0.15, -0.1) is 5.10 Å². The van der Waals surface area contributed by atoms with Gasteiger partial charge in [0.2, 0.25) is 0 Å². The predicted molar refractivity (Wildman–Crippen MR) is 193 cm³/mol. The van der Waals surface area contributed by atoms with E-state index < -0.39 is 5.54 Å². The predicted octanol–water partition coefficient (Wildman–Crippen LogP) is 7.12. The Morgan fingerprint density at radius 2 is 1.28 bits per heavy atom. The van der Waals surface area contributed by atoms with Crippen molar-refractivity contribution in [2.75, 3.05) is 0 Å². The van der Waals surface area contributed by atoms with Gasteiger partial charge in [-0.1, -0.05) is 153 Å². The lowest BCUT2D eigenvalue weighted by atomic mass is 9.77. The lowest BCUT2D eigenvalue weighted by molar-refractivity contribution is 0.451. The van der Waals surface area contributed by atoms with Crippen LogP contribution in [0.25, 0.3) is 22.5 Å². The number of hydrogen-bond acceptors (Lipinski definition) is 6. The summed E-state index contributed by atoms with van der Waals surface area (Å²) < 4.78 is 4.88. The van der Waals surface area contributed by atoms with E-state index in [1.54, 1.807) is 4.57 Å². The van der Waals surface area contributed by atoms with Gasteiger partial charge in [0.1, 0.15) is 17.9 Å². The Labute approximate surface area is 290 Å². The molecule has 0 atom stereocenters. The summed E-state index contributed by atoms with van der Waals surface area (Å²) in [5.41, 5.74) is 5.74. The molecule has 0 fully saturated rings. The molecule has 5 aromatic carbocycles. The van der Waals surface area contributed by atoms with E-state index in [0.717, 1.165) is 51.8 Å². The van der Waals surface area contributed by atoms with Gasteiger partial charge in [0, 0.05) is 12.0 Å². The van der Waals surface area contributed by atoms with E-state index in [-0.39, 0.29) is 12.2 Å². The van der Waals surface area contributed by atoms with Crippen LogP contribution in [0.3, 0.4) is 0 Å². The highest BCUT2D eigenvalue weighted by Crippen LogP contribution is 2.43. The molecule has 0 aliphatic carbocycles. The molecule has 0 unspecified atom stereocenters. The molecule has 0 saturated heterocycles. The van der Waals surface area contributed by atoms with E-state index >= 15 is 0 Å². The highest BCUT2D eigenvalue weighted by atomic mass is 16.2. The minimum atomic E-state index is -0.877. The number of aryl methyl sites for hydroxylation is 1. The molecule has 7 rings (SSSR count). The first-order valence-electron chi connectivity index (χ1n) is 16.8. The van der Waals surface area contributed by atoms with Crippen LogP contribution in [0.5, 0.6) is 0 Å². The van der Waals surface area contributed by atoms with Crippen LogP contribution in [0, 0.1) is 11.3 Å². The van der Waals surface area contributed by atoms with Crippen LogP contribution in [0.2, 0.25) is 0 Å². The van der Waals surface area contributed by atoms with Gasteiger partial charge in [-0.05, 0) is 50.2 Å². The van der Waals surface area contributed by atoms with Crippen LogP contribution in [-0.4, -0.2) is 34.6 Å². The van der Waals surface area contributed by atoms with Crippen molar-refractivity contribution in [3.8, 4) is 28.6 Å². The van der Waals surface area contributed by atoms with Gasteiger partial charge in [0.25, 0.3) is 0 Å². The molecule has 0 aliphatic heterocycles. The Bertz CT molecular complexity index is 2190. The third-order valence-electron chi connectivity index (χ3n) is 9.11. The van der Waals surface area contributed by atoms with Crippen molar-refractivity contribution in [3.63, 3.8) is 0 Å². The summed E-state index contributed by atoms with van der Waals surface area (Å²) in [5.74, 6) is 1.32. The Morgan fingerprint density at radius 3 is 1.84 bits per heavy atom. The van der Waals surface area contributed by atoms with E-state index in [2.05, 4.69) is 83.0 Å². The molecular formula is C41H36N8O. The van der Waals surface area contributed by atoms with Crippen molar-refractivity contribution in [1.82, 2.24) is 34.6 Å². The van der Waals surface area contributed by atoms with Crippen molar-refractivity contribution in [3.05, 3.63) is 178 Å². The van der Waals surface area contributed by atoms with Crippen LogP contribution < -0.4 is 5.69 Å². The largest absolute Gasteiger partial charge is 0.347 e. The maximum Gasteiger partial charge on any atom is 0.347 e. The molecule has 7 aromatic rings. The van der Waals surface area contributed by atoms with Gasteiger partial charge in [0.15, 0.2) is 5.82 Å². The molecule has 2 aromatic heterocycles. The number of aromatic nitrogens is 7. The van der Waals surface area contributed by atoms with Gasteiger partial charge in [0.05, 0.1) is 12.6 Å². The summed E-state index contributed by atoms with van der Waals surface area (Å²) in [6, 6.07) is 49.5. The van der Waals surface area contributed by atoms with Gasteiger partial charge < -0.3 is 0 Å². The molecule has 9 nitrogen and oxygen atoms in total. The molecule has 0 aliphatic rings. The number of nitrogens with zero attached hydrogens (tertiary/aromatic N) is 8. The molecule has 0 N–H and O–H groups in total. The quantitative estimate of drug-likeness (QED) is 0.130. The first-order valence-corrected chi connectivity index (χ1v) is 16.8. The van der Waals surface area contributed by atoms with Crippen LogP contribution in [0.15, 0.2) is 144 Å². The second-order valence-electron chi connectivity index (χ2n) is 12.2. The van der Waals surface area contributed by atoms with Crippen LogP contribution in [-0.2, 0) is 25.0 Å². The summed E-state index contributed by atoms with van der Waals surface area (Å²) in [4.78, 5) is 13.1. The zero-order valence-electron chi connectivity index (χ0n) is 27.8. The summed E-state index contributed by atoms with van der Waals surface area (Å²) in [5, 5.41) is 27.4. The monoisotopic (exact) mass is 656 g/mol. The van der Waals surface area contributed by atoms with Crippen molar-refractivity contribution in [2.45, 2.75) is 44.8 Å². The van der Waals surface area contributed by atoms with Gasteiger partial charge >= 0.3 is 5.69 Å². The molecule has 0 spiro atoms. The van der Waals surface area contributed by atoms with Gasteiger partial charge in [-0.25, -0.2) is 9.48 Å². The Kier molecular flexibility index (Phi) is 9.25. The fraction of sp³-hybridized carbons (Fsp3) is 0.171. The van der Waals surface area contributed by atoms with Crippen LogP contribution >= 0.6 is 0 Å². The lowest BCUT2D eigenvalue weighted by Crippen LogP contribution is -2.39. The molecule has 9 heteroatoms. The topological polar surface area (TPSA) is 107 Å². The Hall–Kier alpha value is -6.40. The summed E-state index contributed by atoms with van der Waals surface area (Å²) in [7, 11) is 0. The number of unbranched alkanes of at least 4 members (excludes halogenated alkanes) is 1. The van der Waals surface area contributed by atoms with Gasteiger partial charge in [-0.2, -0.15) is 15.0 Å². The normalized spacial score (nSPS) is 11.4. The minimum absolute atomic E-state index is 0.0692. The van der Waals surface area contributed by atoms with Crippen molar-refractivity contribution >= 4 is 0 Å². The minimum Gasteiger partial charge on any atom is -0.274 e. The zero-order chi connectivity index (χ0) is 34.3. The maximum atomic E-state index is 13.1. The average Bonchev–Trinajstić information content (AvgIpc) is 3.77. The van der Waals surface area contributed by atoms with E-state index in [9.17, 15) is 10.1 Å². The fourth-order valence-electron chi connectivity index (χ4n) is 6.72. The number of hydrogen-bond donors (Lipinski definition) is 0. The first-order chi connectivity index (χ1) is 24.6. The average molecular weight is 657 g/mol. The molecule has 0 saturated carbocycles. The first kappa shape index (κ1) is 32.2. The fourth-order valence-corrected chi connectivity index (χ4v) is 6.72. The Morgan fingerprint density at radius 1 is 0.720 bits per heavy atom. The van der Waals surface area contributed by atoms with Crippen LogP contribution in [0.4, 0.5) is 0 Å². The molecule has 2 heterocycles. The molecule has 0 radical (unpaired) electrons. The van der Waals surface area contributed by atoms with Crippen molar-refractivity contribution in [2.24, 2.45) is 0 Å². The third-order valence-corrected chi connectivity index (χ3v) is 9.11. The molecule has 0 bridgehead atoms. The van der Waals surface area contributed by atoms with Crippen molar-refractivity contribution in [1.29, 1.82) is 5.26 Å². The third kappa shape index (κ3) is 5.92.